The van der Waals surface area contributed by atoms with Crippen molar-refractivity contribution in [1.82, 2.24) is 4.57 Å². The largest absolute Gasteiger partial charge is 0.497 e. The number of hydrogen-bond donors (Lipinski definition) is 1. The normalized spacial score (nSPS) is 11.7. The van der Waals surface area contributed by atoms with Gasteiger partial charge in [-0.3, -0.25) is 4.79 Å². The molecule has 0 aliphatic heterocycles. The van der Waals surface area contributed by atoms with Gasteiger partial charge in [0, 0.05) is 24.1 Å². The zero-order chi connectivity index (χ0) is 16.8. The van der Waals surface area contributed by atoms with Gasteiger partial charge in [0.2, 0.25) is 5.91 Å². The number of nitrogens with zero attached hydrogens (tertiary/aromatic N) is 1. The Morgan fingerprint density at radius 3 is 2.50 bits per heavy atom. The first-order valence-electron chi connectivity index (χ1n) is 7.87. The van der Waals surface area contributed by atoms with E-state index in [4.69, 9.17) is 4.74 Å². The summed E-state index contributed by atoms with van der Waals surface area (Å²) >= 11 is 0. The van der Waals surface area contributed by atoms with Gasteiger partial charge in [-0.1, -0.05) is 36.4 Å². The van der Waals surface area contributed by atoms with Crippen LogP contribution in [0.25, 0.3) is 0 Å². The molecule has 24 heavy (non-hydrogen) atoms. The molecule has 0 fully saturated rings. The van der Waals surface area contributed by atoms with E-state index in [1.165, 1.54) is 0 Å². The highest BCUT2D eigenvalue weighted by molar-refractivity contribution is 5.91. The average molecular weight is 320 g/mol. The lowest BCUT2D eigenvalue weighted by atomic mass is 10.0. The van der Waals surface area contributed by atoms with Crippen LogP contribution >= 0.6 is 0 Å². The molecule has 122 valence electrons. The lowest BCUT2D eigenvalue weighted by Crippen LogP contribution is -2.19. The van der Waals surface area contributed by atoms with E-state index in [1.807, 2.05) is 79.1 Å². The summed E-state index contributed by atoms with van der Waals surface area (Å²) in [6, 6.07) is 21.3. The van der Waals surface area contributed by atoms with Crippen LogP contribution in [-0.2, 0) is 4.79 Å². The molecule has 1 amide bonds. The molecule has 1 aromatic heterocycles. The summed E-state index contributed by atoms with van der Waals surface area (Å²) in [5.41, 5.74) is 1.84. The van der Waals surface area contributed by atoms with E-state index in [0.29, 0.717) is 6.42 Å². The molecule has 0 saturated carbocycles. The van der Waals surface area contributed by atoms with Gasteiger partial charge in [-0.15, -0.1) is 0 Å². The van der Waals surface area contributed by atoms with Gasteiger partial charge in [0.1, 0.15) is 5.75 Å². The van der Waals surface area contributed by atoms with Crippen LogP contribution in [0, 0.1) is 0 Å². The van der Waals surface area contributed by atoms with Gasteiger partial charge in [-0.2, -0.15) is 0 Å². The molecule has 0 saturated heterocycles. The third kappa shape index (κ3) is 3.84. The van der Waals surface area contributed by atoms with Crippen LogP contribution in [0.5, 0.6) is 5.75 Å². The second-order valence-electron chi connectivity index (χ2n) is 5.54. The molecule has 0 spiro atoms. The number of rotatable bonds is 6. The quantitative estimate of drug-likeness (QED) is 0.742. The molecule has 0 radical (unpaired) electrons. The minimum atomic E-state index is -0.0363. The minimum absolute atomic E-state index is 0.0354. The van der Waals surface area contributed by atoms with Gasteiger partial charge in [-0.05, 0) is 29.8 Å². The third-order valence-electron chi connectivity index (χ3n) is 3.90. The number of nitrogens with one attached hydrogen (secondary N) is 1. The fraction of sp³-hybridized carbons (Fsp3) is 0.150. The highest BCUT2D eigenvalue weighted by Crippen LogP contribution is 2.23. The average Bonchev–Trinajstić information content (AvgIpc) is 3.15. The molecule has 1 N–H and O–H groups in total. The molecule has 4 nitrogen and oxygen atoms in total. The van der Waals surface area contributed by atoms with Crippen molar-refractivity contribution >= 4 is 11.6 Å². The van der Waals surface area contributed by atoms with Crippen molar-refractivity contribution in [2.24, 2.45) is 0 Å². The molecule has 3 rings (SSSR count). The van der Waals surface area contributed by atoms with E-state index in [9.17, 15) is 4.79 Å². The van der Waals surface area contributed by atoms with Crippen LogP contribution in [0.4, 0.5) is 5.69 Å². The number of carbonyl (C=O) groups is 1. The topological polar surface area (TPSA) is 43.3 Å². The number of methoxy groups -OCH3 is 1. The van der Waals surface area contributed by atoms with Gasteiger partial charge < -0.3 is 14.6 Å². The summed E-state index contributed by atoms with van der Waals surface area (Å²) < 4.78 is 7.25. The van der Waals surface area contributed by atoms with Gasteiger partial charge in [0.25, 0.3) is 0 Å². The second-order valence-corrected chi connectivity index (χ2v) is 5.54. The molecule has 1 atom stereocenters. The molecule has 1 unspecified atom stereocenters. The highest BCUT2D eigenvalue weighted by Gasteiger charge is 2.17. The molecule has 3 aromatic rings. The molecule has 0 bridgehead atoms. The van der Waals surface area contributed by atoms with Crippen molar-refractivity contribution in [3.05, 3.63) is 84.7 Å². The first-order chi connectivity index (χ1) is 11.8. The molecule has 0 aliphatic carbocycles. The van der Waals surface area contributed by atoms with E-state index in [-0.39, 0.29) is 11.9 Å². The summed E-state index contributed by atoms with van der Waals surface area (Å²) in [7, 11) is 1.61. The van der Waals surface area contributed by atoms with Crippen LogP contribution in [0.3, 0.4) is 0 Å². The molecule has 2 aromatic carbocycles. The molecule has 0 aliphatic rings. The monoisotopic (exact) mass is 320 g/mol. The predicted octanol–water partition coefficient (Wildman–Crippen LogP) is 4.11. The maximum absolute atomic E-state index is 12.5. The lowest BCUT2D eigenvalue weighted by Gasteiger charge is -2.19. The van der Waals surface area contributed by atoms with Gasteiger partial charge in [0.05, 0.1) is 19.6 Å². The zero-order valence-electron chi connectivity index (χ0n) is 13.6. The van der Waals surface area contributed by atoms with E-state index in [0.717, 1.165) is 17.0 Å². The van der Waals surface area contributed by atoms with Crippen molar-refractivity contribution in [2.75, 3.05) is 12.4 Å². The molecule has 4 heteroatoms. The summed E-state index contributed by atoms with van der Waals surface area (Å²) in [6.07, 6.45) is 4.32. The van der Waals surface area contributed by atoms with Crippen molar-refractivity contribution < 1.29 is 9.53 Å². The smallest absolute Gasteiger partial charge is 0.226 e. The summed E-state index contributed by atoms with van der Waals surface area (Å²) in [5, 5.41) is 2.95. The maximum Gasteiger partial charge on any atom is 0.226 e. The SMILES string of the molecule is COc1cccc(NC(=O)CC(c2ccccc2)n2cccc2)c1. The first-order valence-corrected chi connectivity index (χ1v) is 7.87. The highest BCUT2D eigenvalue weighted by atomic mass is 16.5. The lowest BCUT2D eigenvalue weighted by molar-refractivity contribution is -0.116. The Hall–Kier alpha value is -3.01. The van der Waals surface area contributed by atoms with Crippen LogP contribution in [0.1, 0.15) is 18.0 Å². The summed E-state index contributed by atoms with van der Waals surface area (Å²) in [5.74, 6) is 0.684. The number of ether oxygens (including phenoxy) is 1. The summed E-state index contributed by atoms with van der Waals surface area (Å²) in [6.45, 7) is 0. The predicted molar refractivity (Wildman–Crippen MR) is 95.3 cm³/mol. The minimum Gasteiger partial charge on any atom is -0.497 e. The Morgan fingerprint density at radius 1 is 1.04 bits per heavy atom. The van der Waals surface area contributed by atoms with Crippen molar-refractivity contribution in [1.29, 1.82) is 0 Å². The Balaban J connectivity index is 1.76. The van der Waals surface area contributed by atoms with Gasteiger partial charge >= 0.3 is 0 Å². The fourth-order valence-electron chi connectivity index (χ4n) is 2.71. The Labute approximate surface area is 141 Å². The Kier molecular flexibility index (Phi) is 4.96. The van der Waals surface area contributed by atoms with Crippen molar-refractivity contribution in [2.45, 2.75) is 12.5 Å². The Morgan fingerprint density at radius 2 is 1.79 bits per heavy atom. The van der Waals surface area contributed by atoms with E-state index < -0.39 is 0 Å². The Bertz CT molecular complexity index is 782. The maximum atomic E-state index is 12.5. The van der Waals surface area contributed by atoms with Crippen LogP contribution in [0.2, 0.25) is 0 Å². The number of carbonyl (C=O) groups excluding carboxylic acids is 1. The van der Waals surface area contributed by atoms with Crippen molar-refractivity contribution in [3.8, 4) is 5.75 Å². The van der Waals surface area contributed by atoms with Crippen molar-refractivity contribution in [3.63, 3.8) is 0 Å². The fourth-order valence-corrected chi connectivity index (χ4v) is 2.71. The molecular weight excluding hydrogens is 300 g/mol. The third-order valence-corrected chi connectivity index (χ3v) is 3.90. The van der Waals surface area contributed by atoms with Gasteiger partial charge in [0.15, 0.2) is 0 Å². The number of anilines is 1. The van der Waals surface area contributed by atoms with Gasteiger partial charge in [-0.25, -0.2) is 0 Å². The molecule has 1 heterocycles. The zero-order valence-corrected chi connectivity index (χ0v) is 13.6. The van der Waals surface area contributed by atoms with Crippen LogP contribution in [0.15, 0.2) is 79.1 Å². The first kappa shape index (κ1) is 15.9. The second kappa shape index (κ2) is 7.51. The standard InChI is InChI=1S/C20H20N2O2/c1-24-18-11-7-10-17(14-18)21-20(23)15-19(22-12-5-6-13-22)16-8-3-2-4-9-16/h2-14,19H,15H2,1H3,(H,21,23). The van der Waals surface area contributed by atoms with E-state index in [1.54, 1.807) is 7.11 Å². The number of aromatic nitrogens is 1. The molecular formula is C20H20N2O2. The number of benzene rings is 2. The summed E-state index contributed by atoms with van der Waals surface area (Å²) in [4.78, 5) is 12.5. The van der Waals surface area contributed by atoms with Crippen LogP contribution in [-0.4, -0.2) is 17.6 Å². The van der Waals surface area contributed by atoms with E-state index in [2.05, 4.69) is 9.88 Å². The van der Waals surface area contributed by atoms with Crippen LogP contribution < -0.4 is 10.1 Å². The van der Waals surface area contributed by atoms with E-state index >= 15 is 0 Å². The number of amides is 1. The number of hydrogen-bond acceptors (Lipinski definition) is 2.